The van der Waals surface area contributed by atoms with Crippen molar-refractivity contribution in [2.45, 2.75) is 17.6 Å². The summed E-state index contributed by atoms with van der Waals surface area (Å²) in [5.74, 6) is -0.180. The summed E-state index contributed by atoms with van der Waals surface area (Å²) in [6, 6.07) is 9.58. The number of carbonyl (C=O) groups excluding carboxylic acids is 1. The second kappa shape index (κ2) is 10.4. The lowest BCUT2D eigenvalue weighted by molar-refractivity contribution is 0.0954. The molecule has 2 rings (SSSR count). The summed E-state index contributed by atoms with van der Waals surface area (Å²) in [5.41, 5.74) is 0.911. The number of rotatable bonds is 9. The first-order valence-corrected chi connectivity index (χ1v) is 10.0. The topological polar surface area (TPSA) is 87.3 Å². The first-order valence-electron chi connectivity index (χ1n) is 7.68. The zero-order valence-corrected chi connectivity index (χ0v) is 16.3. The number of nitrogens with one attached hydrogen (secondary N) is 3. The van der Waals surface area contributed by atoms with E-state index in [1.165, 1.54) is 0 Å². The fraction of sp³-hybridized carbons (Fsp3) is 0.312. The molecule has 0 unspecified atom stereocenters. The van der Waals surface area contributed by atoms with Gasteiger partial charge in [-0.05, 0) is 48.7 Å². The zero-order valence-electron chi connectivity index (χ0n) is 13.8. The highest BCUT2D eigenvalue weighted by Gasteiger charge is 2.15. The Kier molecular flexibility index (Phi) is 8.91. The van der Waals surface area contributed by atoms with Crippen LogP contribution in [0.15, 0.2) is 46.0 Å². The van der Waals surface area contributed by atoms with Crippen molar-refractivity contribution in [3.05, 3.63) is 47.3 Å². The normalized spacial score (nSPS) is 10.8. The van der Waals surface area contributed by atoms with Crippen LogP contribution in [-0.4, -0.2) is 34.0 Å². The van der Waals surface area contributed by atoms with E-state index in [0.29, 0.717) is 17.8 Å². The predicted molar refractivity (Wildman–Crippen MR) is 104 cm³/mol. The fourth-order valence-corrected chi connectivity index (χ4v) is 4.03. The maximum atomic E-state index is 12.1. The summed E-state index contributed by atoms with van der Waals surface area (Å²) in [5, 5.41) is 7.71. The standard InChI is InChI=1S/C16H21N3O3S2.ClH/c1-2-9-17-10-11-18-16(20)13-5-7-14(8-6-13)19-24(21,22)15-4-3-12-23-15;/h3-8,12,17,19H,2,9-11H2,1H3,(H,18,20);1H. The van der Waals surface area contributed by atoms with Gasteiger partial charge in [-0.15, -0.1) is 23.7 Å². The molecule has 9 heteroatoms. The minimum absolute atomic E-state index is 0. The van der Waals surface area contributed by atoms with Crippen LogP contribution in [0.25, 0.3) is 0 Å². The van der Waals surface area contributed by atoms with Crippen LogP contribution in [0.4, 0.5) is 5.69 Å². The van der Waals surface area contributed by atoms with Crippen molar-refractivity contribution in [2.75, 3.05) is 24.4 Å². The molecule has 0 radical (unpaired) electrons. The number of anilines is 1. The highest BCUT2D eigenvalue weighted by molar-refractivity contribution is 7.94. The van der Waals surface area contributed by atoms with Crippen molar-refractivity contribution >= 4 is 45.4 Å². The summed E-state index contributed by atoms with van der Waals surface area (Å²) in [6.07, 6.45) is 1.05. The van der Waals surface area contributed by atoms with Gasteiger partial charge in [0.1, 0.15) is 4.21 Å². The highest BCUT2D eigenvalue weighted by atomic mass is 35.5. The van der Waals surface area contributed by atoms with Gasteiger partial charge in [0.2, 0.25) is 0 Å². The van der Waals surface area contributed by atoms with Gasteiger partial charge in [0.05, 0.1) is 0 Å². The molecule has 1 aromatic carbocycles. The van der Waals surface area contributed by atoms with E-state index >= 15 is 0 Å². The van der Waals surface area contributed by atoms with Crippen molar-refractivity contribution < 1.29 is 13.2 Å². The van der Waals surface area contributed by atoms with Gasteiger partial charge < -0.3 is 10.6 Å². The number of amides is 1. The molecule has 0 aliphatic rings. The lowest BCUT2D eigenvalue weighted by Gasteiger charge is -2.08. The van der Waals surface area contributed by atoms with Crippen molar-refractivity contribution in [3.63, 3.8) is 0 Å². The first kappa shape index (κ1) is 21.4. The number of halogens is 1. The molecule has 2 aromatic rings. The Morgan fingerprint density at radius 3 is 2.40 bits per heavy atom. The van der Waals surface area contributed by atoms with E-state index in [4.69, 9.17) is 0 Å². The molecular formula is C16H22ClN3O3S2. The zero-order chi connectivity index (χ0) is 17.4. The average molecular weight is 404 g/mol. The van der Waals surface area contributed by atoms with E-state index in [1.807, 2.05) is 0 Å². The van der Waals surface area contributed by atoms with Gasteiger partial charge in [0, 0.05) is 24.3 Å². The Bertz CT molecular complexity index is 747. The quantitative estimate of drug-likeness (QED) is 0.562. The Morgan fingerprint density at radius 1 is 1.08 bits per heavy atom. The van der Waals surface area contributed by atoms with Crippen LogP contribution in [0, 0.1) is 0 Å². The number of hydrogen-bond donors (Lipinski definition) is 3. The maximum Gasteiger partial charge on any atom is 0.271 e. The van der Waals surface area contributed by atoms with Crippen LogP contribution in [0.5, 0.6) is 0 Å². The van der Waals surface area contributed by atoms with Crippen LogP contribution < -0.4 is 15.4 Å². The average Bonchev–Trinajstić information content (AvgIpc) is 3.10. The number of carbonyl (C=O) groups is 1. The molecule has 0 saturated heterocycles. The molecule has 0 bridgehead atoms. The Hall–Kier alpha value is -1.61. The second-order valence-electron chi connectivity index (χ2n) is 5.12. The molecule has 0 saturated carbocycles. The van der Waals surface area contributed by atoms with Crippen LogP contribution in [0.2, 0.25) is 0 Å². The Morgan fingerprint density at radius 2 is 1.80 bits per heavy atom. The van der Waals surface area contributed by atoms with E-state index < -0.39 is 10.0 Å². The number of sulfonamides is 1. The maximum absolute atomic E-state index is 12.1. The van der Waals surface area contributed by atoms with E-state index in [-0.39, 0.29) is 22.5 Å². The van der Waals surface area contributed by atoms with Gasteiger partial charge in [0.25, 0.3) is 15.9 Å². The highest BCUT2D eigenvalue weighted by Crippen LogP contribution is 2.20. The molecule has 0 aliphatic carbocycles. The monoisotopic (exact) mass is 403 g/mol. The van der Waals surface area contributed by atoms with Gasteiger partial charge in [-0.25, -0.2) is 8.42 Å². The summed E-state index contributed by atoms with van der Waals surface area (Å²) in [6.45, 7) is 4.28. The van der Waals surface area contributed by atoms with Crippen molar-refractivity contribution in [2.24, 2.45) is 0 Å². The summed E-state index contributed by atoms with van der Waals surface area (Å²) in [7, 11) is -3.57. The molecular weight excluding hydrogens is 382 g/mol. The lowest BCUT2D eigenvalue weighted by atomic mass is 10.2. The van der Waals surface area contributed by atoms with Crippen molar-refractivity contribution in [1.82, 2.24) is 10.6 Å². The van der Waals surface area contributed by atoms with Crippen molar-refractivity contribution in [3.8, 4) is 0 Å². The lowest BCUT2D eigenvalue weighted by Crippen LogP contribution is -2.32. The smallest absolute Gasteiger partial charge is 0.271 e. The van der Waals surface area contributed by atoms with Crippen LogP contribution >= 0.6 is 23.7 Å². The van der Waals surface area contributed by atoms with E-state index in [2.05, 4.69) is 22.3 Å². The molecule has 0 spiro atoms. The van der Waals surface area contributed by atoms with E-state index in [0.717, 1.165) is 30.8 Å². The van der Waals surface area contributed by atoms with E-state index in [1.54, 1.807) is 41.8 Å². The van der Waals surface area contributed by atoms with Gasteiger partial charge >= 0.3 is 0 Å². The van der Waals surface area contributed by atoms with Crippen LogP contribution in [0.3, 0.4) is 0 Å². The fourth-order valence-electron chi connectivity index (χ4n) is 1.98. The molecule has 3 N–H and O–H groups in total. The molecule has 0 aliphatic heterocycles. The molecule has 25 heavy (non-hydrogen) atoms. The summed E-state index contributed by atoms with van der Waals surface area (Å²) < 4.78 is 27.0. The van der Waals surface area contributed by atoms with Gasteiger partial charge in [-0.3, -0.25) is 9.52 Å². The molecule has 0 atom stereocenters. The minimum atomic E-state index is -3.57. The predicted octanol–water partition coefficient (Wildman–Crippen LogP) is 2.70. The van der Waals surface area contributed by atoms with E-state index in [9.17, 15) is 13.2 Å². The molecule has 0 fully saturated rings. The van der Waals surface area contributed by atoms with Crippen LogP contribution in [0.1, 0.15) is 23.7 Å². The Balaban J connectivity index is 0.00000312. The summed E-state index contributed by atoms with van der Waals surface area (Å²) >= 11 is 1.15. The van der Waals surface area contributed by atoms with Gasteiger partial charge in [-0.2, -0.15) is 0 Å². The third-order valence-electron chi connectivity index (χ3n) is 3.17. The summed E-state index contributed by atoms with van der Waals surface area (Å²) in [4.78, 5) is 12.0. The van der Waals surface area contributed by atoms with Crippen LogP contribution in [-0.2, 0) is 10.0 Å². The largest absolute Gasteiger partial charge is 0.351 e. The molecule has 138 valence electrons. The Labute approximate surface area is 158 Å². The van der Waals surface area contributed by atoms with Gasteiger partial charge in [0.15, 0.2) is 0 Å². The third kappa shape index (κ3) is 6.66. The van der Waals surface area contributed by atoms with Gasteiger partial charge in [-0.1, -0.05) is 13.0 Å². The molecule has 1 aromatic heterocycles. The molecule has 6 nitrogen and oxygen atoms in total. The number of benzene rings is 1. The number of hydrogen-bond acceptors (Lipinski definition) is 5. The van der Waals surface area contributed by atoms with Crippen molar-refractivity contribution in [1.29, 1.82) is 0 Å². The molecule has 1 heterocycles. The first-order chi connectivity index (χ1) is 11.5. The second-order valence-corrected chi connectivity index (χ2v) is 7.98. The number of thiophene rings is 1. The SMILES string of the molecule is CCCNCCNC(=O)c1ccc(NS(=O)(=O)c2cccs2)cc1.Cl. The third-order valence-corrected chi connectivity index (χ3v) is 5.95. The minimum Gasteiger partial charge on any atom is -0.351 e. The molecule has 1 amide bonds.